The number of nitrogens with zero attached hydrogens (tertiary/aromatic N) is 3. The van der Waals surface area contributed by atoms with Crippen LogP contribution in [0, 0.1) is 11.3 Å². The Labute approximate surface area is 171 Å². The SMILES string of the molecule is N#C[C@H]1[C@H](c2ccccc2C2=CCCCC2)[C@H](CO)N1C(=O)Cc1ccncc1. The summed E-state index contributed by atoms with van der Waals surface area (Å²) in [6.07, 6.45) is 10.3. The summed E-state index contributed by atoms with van der Waals surface area (Å²) in [6.45, 7) is -0.154. The number of aromatic nitrogens is 1. The minimum atomic E-state index is -0.563. The Morgan fingerprint density at radius 1 is 1.21 bits per heavy atom. The second-order valence-corrected chi connectivity index (χ2v) is 7.75. The average molecular weight is 387 g/mol. The van der Waals surface area contributed by atoms with Crippen molar-refractivity contribution >= 4 is 11.5 Å². The maximum absolute atomic E-state index is 12.9. The number of nitriles is 1. The van der Waals surface area contributed by atoms with Gasteiger partial charge in [-0.15, -0.1) is 0 Å². The van der Waals surface area contributed by atoms with Crippen molar-refractivity contribution in [3.8, 4) is 6.07 Å². The van der Waals surface area contributed by atoms with Crippen LogP contribution in [0.25, 0.3) is 5.57 Å². The quantitative estimate of drug-likeness (QED) is 0.852. The first kappa shape index (κ1) is 19.4. The minimum absolute atomic E-state index is 0.132. The molecule has 1 fully saturated rings. The molecule has 0 unspecified atom stereocenters. The van der Waals surface area contributed by atoms with Crippen molar-refractivity contribution in [2.75, 3.05) is 6.61 Å². The molecule has 2 aliphatic rings. The number of rotatable bonds is 5. The van der Waals surface area contributed by atoms with E-state index in [2.05, 4.69) is 23.2 Å². The number of likely N-dealkylation sites (tertiary alicyclic amines) is 1. The van der Waals surface area contributed by atoms with E-state index in [1.165, 1.54) is 18.4 Å². The minimum Gasteiger partial charge on any atom is -0.394 e. The molecule has 1 N–H and O–H groups in total. The highest BCUT2D eigenvalue weighted by Crippen LogP contribution is 2.44. The summed E-state index contributed by atoms with van der Waals surface area (Å²) < 4.78 is 0. The molecule has 3 atom stereocenters. The zero-order chi connectivity index (χ0) is 20.2. The summed E-state index contributed by atoms with van der Waals surface area (Å²) in [4.78, 5) is 18.5. The normalized spacial score (nSPS) is 23.7. The Bertz CT molecular complexity index is 948. The highest BCUT2D eigenvalue weighted by atomic mass is 16.3. The van der Waals surface area contributed by atoms with Gasteiger partial charge < -0.3 is 10.0 Å². The van der Waals surface area contributed by atoms with Crippen molar-refractivity contribution in [2.24, 2.45) is 0 Å². The number of hydrogen-bond donors (Lipinski definition) is 1. The monoisotopic (exact) mass is 387 g/mol. The molecule has 148 valence electrons. The van der Waals surface area contributed by atoms with Crippen LogP contribution >= 0.6 is 0 Å². The predicted octanol–water partition coefficient (Wildman–Crippen LogP) is 3.46. The number of pyridine rings is 1. The lowest BCUT2D eigenvalue weighted by Gasteiger charge is -2.52. The smallest absolute Gasteiger partial charge is 0.228 e. The van der Waals surface area contributed by atoms with Gasteiger partial charge in [0.05, 0.1) is 25.1 Å². The molecule has 1 aromatic heterocycles. The van der Waals surface area contributed by atoms with Crippen molar-refractivity contribution in [1.82, 2.24) is 9.88 Å². The first-order valence-electron chi connectivity index (χ1n) is 10.2. The van der Waals surface area contributed by atoms with Crippen LogP contribution in [0.3, 0.4) is 0 Å². The van der Waals surface area contributed by atoms with Gasteiger partial charge in [-0.2, -0.15) is 5.26 Å². The van der Waals surface area contributed by atoms with E-state index in [0.29, 0.717) is 0 Å². The largest absolute Gasteiger partial charge is 0.394 e. The Kier molecular flexibility index (Phi) is 5.73. The Hall–Kier alpha value is -2.97. The molecule has 1 amide bonds. The molecule has 2 heterocycles. The van der Waals surface area contributed by atoms with Gasteiger partial charge >= 0.3 is 0 Å². The molecule has 1 aliphatic heterocycles. The molecular weight excluding hydrogens is 362 g/mol. The highest BCUT2D eigenvalue weighted by molar-refractivity contribution is 5.82. The van der Waals surface area contributed by atoms with E-state index in [1.807, 2.05) is 18.2 Å². The number of benzene rings is 1. The second kappa shape index (κ2) is 8.59. The topological polar surface area (TPSA) is 77.2 Å². The fraction of sp³-hybridized carbons (Fsp3) is 0.375. The molecule has 1 saturated heterocycles. The van der Waals surface area contributed by atoms with Crippen molar-refractivity contribution < 1.29 is 9.90 Å². The number of carbonyl (C=O) groups is 1. The number of amides is 1. The molecule has 5 nitrogen and oxygen atoms in total. The average Bonchev–Trinajstić information content (AvgIpc) is 2.75. The van der Waals surface area contributed by atoms with Crippen LogP contribution in [-0.4, -0.2) is 39.6 Å². The van der Waals surface area contributed by atoms with Gasteiger partial charge in [-0.05, 0) is 60.1 Å². The number of aliphatic hydroxyl groups is 1. The molecule has 0 saturated carbocycles. The zero-order valence-electron chi connectivity index (χ0n) is 16.4. The Morgan fingerprint density at radius 2 is 2.00 bits per heavy atom. The van der Waals surface area contributed by atoms with Crippen molar-refractivity contribution in [3.63, 3.8) is 0 Å². The number of hydrogen-bond acceptors (Lipinski definition) is 4. The van der Waals surface area contributed by atoms with E-state index in [1.54, 1.807) is 29.4 Å². The van der Waals surface area contributed by atoms with Crippen LogP contribution in [0.1, 0.15) is 48.3 Å². The third-order valence-electron chi connectivity index (χ3n) is 6.08. The molecule has 0 spiro atoms. The van der Waals surface area contributed by atoms with Crippen molar-refractivity contribution in [2.45, 2.75) is 50.1 Å². The second-order valence-electron chi connectivity index (χ2n) is 7.75. The van der Waals surface area contributed by atoms with Gasteiger partial charge in [-0.1, -0.05) is 30.3 Å². The van der Waals surface area contributed by atoms with E-state index in [9.17, 15) is 15.2 Å². The van der Waals surface area contributed by atoms with Gasteiger partial charge in [-0.25, -0.2) is 0 Å². The van der Waals surface area contributed by atoms with E-state index < -0.39 is 6.04 Å². The van der Waals surface area contributed by atoms with Crippen molar-refractivity contribution in [3.05, 3.63) is 71.6 Å². The molecule has 5 heteroatoms. The molecule has 29 heavy (non-hydrogen) atoms. The van der Waals surface area contributed by atoms with E-state index in [-0.39, 0.29) is 30.9 Å². The van der Waals surface area contributed by atoms with Crippen LogP contribution in [-0.2, 0) is 11.2 Å². The van der Waals surface area contributed by atoms with E-state index in [0.717, 1.165) is 29.5 Å². The first-order chi connectivity index (χ1) is 14.2. The van der Waals surface area contributed by atoms with E-state index in [4.69, 9.17) is 0 Å². The lowest BCUT2D eigenvalue weighted by Crippen LogP contribution is -2.65. The summed E-state index contributed by atoms with van der Waals surface area (Å²) in [5.74, 6) is -0.308. The van der Waals surface area contributed by atoms with Crippen LogP contribution < -0.4 is 0 Å². The maximum atomic E-state index is 12.9. The fourth-order valence-corrected chi connectivity index (χ4v) is 4.65. The Balaban J connectivity index is 1.62. The molecule has 0 bridgehead atoms. The Morgan fingerprint density at radius 3 is 2.69 bits per heavy atom. The number of allylic oxidation sites excluding steroid dienone is 2. The molecule has 4 rings (SSSR count). The molecule has 1 aliphatic carbocycles. The lowest BCUT2D eigenvalue weighted by molar-refractivity contribution is -0.146. The third kappa shape index (κ3) is 3.68. The van der Waals surface area contributed by atoms with Gasteiger partial charge in [0.15, 0.2) is 0 Å². The fourth-order valence-electron chi connectivity index (χ4n) is 4.65. The summed E-state index contributed by atoms with van der Waals surface area (Å²) in [6, 6.07) is 13.1. The molecule has 2 aromatic rings. The van der Waals surface area contributed by atoms with Crippen LogP contribution in [0.15, 0.2) is 54.9 Å². The van der Waals surface area contributed by atoms with Gasteiger partial charge in [0, 0.05) is 18.3 Å². The van der Waals surface area contributed by atoms with Crippen LogP contribution in [0.5, 0.6) is 0 Å². The third-order valence-corrected chi connectivity index (χ3v) is 6.08. The standard InChI is InChI=1S/C24H25N3O2/c25-15-21-24(20-9-5-4-8-19(20)18-6-2-1-3-7-18)22(16-28)27(21)23(29)14-17-10-12-26-13-11-17/h4-6,8-13,21-22,24,28H,1-3,7,14,16H2/t21-,22-,24-/m0/s1. The summed E-state index contributed by atoms with van der Waals surface area (Å²) >= 11 is 0. The van der Waals surface area contributed by atoms with E-state index >= 15 is 0 Å². The van der Waals surface area contributed by atoms with Gasteiger partial charge in [-0.3, -0.25) is 9.78 Å². The number of carbonyl (C=O) groups excluding carboxylic acids is 1. The molecule has 1 aromatic carbocycles. The highest BCUT2D eigenvalue weighted by Gasteiger charge is 2.52. The predicted molar refractivity (Wildman–Crippen MR) is 111 cm³/mol. The molecule has 0 radical (unpaired) electrons. The summed E-state index contributed by atoms with van der Waals surface area (Å²) in [5.41, 5.74) is 4.41. The van der Waals surface area contributed by atoms with Gasteiger partial charge in [0.2, 0.25) is 5.91 Å². The maximum Gasteiger partial charge on any atom is 0.228 e. The summed E-state index contributed by atoms with van der Waals surface area (Å²) in [7, 11) is 0. The molecular formula is C24H25N3O2. The first-order valence-corrected chi connectivity index (χ1v) is 10.2. The zero-order valence-corrected chi connectivity index (χ0v) is 16.4. The summed E-state index contributed by atoms with van der Waals surface area (Å²) in [5, 5.41) is 20.0. The van der Waals surface area contributed by atoms with Crippen LogP contribution in [0.2, 0.25) is 0 Å². The lowest BCUT2D eigenvalue weighted by atomic mass is 9.72. The van der Waals surface area contributed by atoms with Gasteiger partial charge in [0.25, 0.3) is 0 Å². The van der Waals surface area contributed by atoms with Crippen LogP contribution in [0.4, 0.5) is 0 Å². The van der Waals surface area contributed by atoms with Gasteiger partial charge in [0.1, 0.15) is 6.04 Å². The van der Waals surface area contributed by atoms with Crippen molar-refractivity contribution in [1.29, 1.82) is 5.26 Å². The number of aliphatic hydroxyl groups excluding tert-OH is 1.